The van der Waals surface area contributed by atoms with E-state index in [1.165, 1.54) is 51.7 Å². The number of aromatic nitrogens is 8. The van der Waals surface area contributed by atoms with Crippen molar-refractivity contribution in [2.45, 2.75) is 49.1 Å². The van der Waals surface area contributed by atoms with E-state index in [1.807, 2.05) is 0 Å². The molecule has 0 bridgehead atoms. The summed E-state index contributed by atoms with van der Waals surface area (Å²) in [6, 6.07) is 0. The lowest BCUT2D eigenvalue weighted by Gasteiger charge is -2.27. The van der Waals surface area contributed by atoms with E-state index in [0.717, 1.165) is 0 Å². The molecular formula is C25H37N10O16P3. The van der Waals surface area contributed by atoms with E-state index in [1.54, 1.807) is 14.1 Å². The molecule has 2 aliphatic heterocycles. The lowest BCUT2D eigenvalue weighted by atomic mass is 10.1. The molecule has 29 heteroatoms. The Morgan fingerprint density at radius 1 is 1.04 bits per heavy atom. The monoisotopic (exact) mass is 826 g/mol. The van der Waals surface area contributed by atoms with E-state index in [9.17, 15) is 48.5 Å². The number of H-pyrrole nitrogens is 1. The van der Waals surface area contributed by atoms with E-state index in [0.29, 0.717) is 0 Å². The highest BCUT2D eigenvalue weighted by molar-refractivity contribution is 7.73. The molecule has 0 aromatic carbocycles. The Kier molecular flexibility index (Phi) is 11.2. The van der Waals surface area contributed by atoms with Crippen LogP contribution in [0.4, 0.5) is 11.8 Å². The second-order valence-corrected chi connectivity index (χ2v) is 18.3. The molecule has 0 spiro atoms. The number of anilines is 2. The second-order valence-electron chi connectivity index (χ2n) is 12.5. The average Bonchev–Trinajstić information content (AvgIpc) is 3.81. The molecule has 3 unspecified atom stereocenters. The van der Waals surface area contributed by atoms with Crippen LogP contribution in [0.1, 0.15) is 12.5 Å². The smallest absolute Gasteiger partial charge is 0.346 e. The Bertz CT molecular complexity index is 2230. The fraction of sp³-hybridized carbons (Fsp3) is 0.600. The number of imidazole rings is 2. The molecular weight excluding hydrogens is 789 g/mol. The van der Waals surface area contributed by atoms with Crippen LogP contribution in [-0.4, -0.2) is 136 Å². The Morgan fingerprint density at radius 3 is 2.41 bits per heavy atom. The van der Waals surface area contributed by atoms with E-state index in [2.05, 4.69) is 33.8 Å². The third-order valence-electron chi connectivity index (χ3n) is 8.46. The number of rotatable bonds is 14. The highest BCUT2D eigenvalue weighted by Crippen LogP contribution is 2.65. The van der Waals surface area contributed by atoms with Crippen LogP contribution in [0.3, 0.4) is 0 Å². The fourth-order valence-electron chi connectivity index (χ4n) is 5.95. The lowest BCUT2D eigenvalue weighted by molar-refractivity contribution is -0.745. The van der Waals surface area contributed by atoms with Gasteiger partial charge in [-0.3, -0.25) is 32.6 Å². The molecule has 2 aliphatic rings. The van der Waals surface area contributed by atoms with Gasteiger partial charge in [0, 0.05) is 21.2 Å². The number of methoxy groups -OCH3 is 1. The summed E-state index contributed by atoms with van der Waals surface area (Å²) < 4.78 is 72.7. The van der Waals surface area contributed by atoms with Crippen molar-refractivity contribution in [1.29, 1.82) is 0 Å². The molecule has 54 heavy (non-hydrogen) atoms. The van der Waals surface area contributed by atoms with Gasteiger partial charge in [-0.1, -0.05) is 4.98 Å². The van der Waals surface area contributed by atoms with E-state index in [4.69, 9.17) is 24.5 Å². The topological polar surface area (TPSA) is 358 Å². The molecule has 11 atom stereocenters. The van der Waals surface area contributed by atoms with Crippen molar-refractivity contribution in [3.63, 3.8) is 0 Å². The third-order valence-corrected chi connectivity index (χ3v) is 14.2. The zero-order valence-electron chi connectivity index (χ0n) is 28.7. The zero-order valence-corrected chi connectivity index (χ0v) is 31.4. The quantitative estimate of drug-likeness (QED) is 0.0485. The highest BCUT2D eigenvalue weighted by atomic mass is 31.3. The molecule has 0 aliphatic carbocycles. The molecule has 26 nitrogen and oxygen atoms in total. The molecule has 6 rings (SSSR count). The van der Waals surface area contributed by atoms with Crippen molar-refractivity contribution in [2.75, 3.05) is 51.0 Å². The third kappa shape index (κ3) is 8.00. The summed E-state index contributed by atoms with van der Waals surface area (Å²) in [5.74, 6) is -1.52. The summed E-state index contributed by atoms with van der Waals surface area (Å²) >= 11 is 0. The summed E-state index contributed by atoms with van der Waals surface area (Å²) in [7, 11) is -10.4. The number of aromatic amines is 1. The van der Waals surface area contributed by atoms with E-state index >= 15 is 0 Å². The van der Waals surface area contributed by atoms with Crippen LogP contribution in [0, 0.1) is 0 Å². The minimum atomic E-state index is -5.74. The van der Waals surface area contributed by atoms with Crippen LogP contribution in [0.25, 0.3) is 22.3 Å². The number of phosphoric acid groups is 1. The number of hydrogen-bond acceptors (Lipinski definition) is 20. The number of aryl methyl sites for hydroxylation is 1. The van der Waals surface area contributed by atoms with Crippen LogP contribution in [-0.2, 0) is 48.3 Å². The Morgan fingerprint density at radius 2 is 1.72 bits per heavy atom. The Labute approximate surface area is 303 Å². The van der Waals surface area contributed by atoms with Crippen LogP contribution in [0.2, 0.25) is 0 Å². The van der Waals surface area contributed by atoms with Crippen LogP contribution in [0.5, 0.6) is 0 Å². The summed E-state index contributed by atoms with van der Waals surface area (Å²) in [5, 5.41) is 32.2. The largest absolute Gasteiger partial charge is 0.756 e. The van der Waals surface area contributed by atoms with Gasteiger partial charge in [0.05, 0.1) is 26.6 Å². The van der Waals surface area contributed by atoms with E-state index < -0.39 is 96.8 Å². The van der Waals surface area contributed by atoms with Crippen LogP contribution in [0.15, 0.2) is 23.8 Å². The first-order chi connectivity index (χ1) is 25.2. The molecule has 6 heterocycles. The molecule has 0 radical (unpaired) electrons. The maximum atomic E-state index is 12.8. The molecule has 0 amide bonds. The summed E-state index contributed by atoms with van der Waals surface area (Å²) in [5.41, 5.74) is 5.90. The molecule has 0 saturated carbocycles. The fourth-order valence-corrected chi connectivity index (χ4v) is 10.9. The molecule has 4 aromatic rings. The van der Waals surface area contributed by atoms with Crippen molar-refractivity contribution in [2.24, 2.45) is 7.05 Å². The number of aliphatic hydroxyl groups is 3. The standard InChI is InChI=1S/C25H37N10O16P3/c1-32(2)25-30-21-14(22(39)31-25)33(3)9-35(21)23-17(38)15(36)11(49-23)5-47-52(40,41)10-53(42,43)51-54(44,45)48-6-12-16(37)18(46-4)24(50-12)34-8-29-13-19(26)27-7-28-20(13)34/h7-9,11-12,15-18,23-24,36-38H,5-6,10H2,1-4H3,(H5-,26,27,28,30,31,39,40,41,42,43,44,45)/t11-,12-,15-,16-,17-,18-,23-,24-/m1/s1. The Hall–Kier alpha value is -3.29. The summed E-state index contributed by atoms with van der Waals surface area (Å²) in [6.07, 6.45) is -7.61. The maximum absolute atomic E-state index is 12.8. The predicted molar refractivity (Wildman–Crippen MR) is 177 cm³/mol. The van der Waals surface area contributed by atoms with Gasteiger partial charge in [0.15, 0.2) is 29.9 Å². The minimum Gasteiger partial charge on any atom is -0.756 e. The van der Waals surface area contributed by atoms with Gasteiger partial charge >= 0.3 is 20.8 Å². The SMILES string of the molecule is CO[C@@H]1[C@H](O)[C@@H](COP(=O)([O-])OP(=O)(O)CP(=O)(O)OC[C@H]2O[C@@H]([n+]3cn(C)c4c(=O)[nH]c(N(C)C)nc43)[C@H](O)[C@@H]2O)O[C@H]1n1cnc2c(N)ncnc21. The van der Waals surface area contributed by atoms with Crippen molar-refractivity contribution >= 4 is 57.1 Å². The van der Waals surface area contributed by atoms with Crippen molar-refractivity contribution < 1.29 is 75.8 Å². The van der Waals surface area contributed by atoms with Gasteiger partial charge in [-0.25, -0.2) is 23.8 Å². The molecule has 8 N–H and O–H groups in total. The number of nitrogen functional groups attached to an aromatic ring is 1. The zero-order chi connectivity index (χ0) is 39.5. The van der Waals surface area contributed by atoms with Gasteiger partial charge < -0.3 is 63.9 Å². The first-order valence-electron chi connectivity index (χ1n) is 15.7. The number of hydrogen-bond donors (Lipinski definition) is 7. The van der Waals surface area contributed by atoms with Crippen molar-refractivity contribution in [3.8, 4) is 0 Å². The molecule has 2 saturated heterocycles. The number of fused-ring (bicyclic) bond motifs is 2. The number of phosphoric ester groups is 1. The number of nitrogens with one attached hydrogen (secondary N) is 1. The molecule has 4 aromatic heterocycles. The average molecular weight is 827 g/mol. The number of ether oxygens (including phenoxy) is 3. The van der Waals surface area contributed by atoms with Crippen molar-refractivity contribution in [3.05, 3.63) is 29.3 Å². The van der Waals surface area contributed by atoms with Gasteiger partial charge in [-0.15, -0.1) is 0 Å². The summed E-state index contributed by atoms with van der Waals surface area (Å²) in [4.78, 5) is 66.4. The molecule has 2 fully saturated rings. The van der Waals surface area contributed by atoms with Gasteiger partial charge in [0.2, 0.25) is 11.7 Å². The molecule has 298 valence electrons. The van der Waals surface area contributed by atoms with Gasteiger partial charge in [0.1, 0.15) is 48.5 Å². The van der Waals surface area contributed by atoms with Crippen molar-refractivity contribution in [1.82, 2.24) is 34.1 Å². The summed E-state index contributed by atoms with van der Waals surface area (Å²) in [6.45, 7) is -1.88. The number of nitrogens with two attached hydrogens (primary N) is 1. The minimum absolute atomic E-state index is 0.0613. The van der Waals surface area contributed by atoms with Gasteiger partial charge in [-0.05, 0) is 0 Å². The van der Waals surface area contributed by atoms with Crippen LogP contribution >= 0.6 is 23.0 Å². The van der Waals surface area contributed by atoms with Crippen LogP contribution < -0.4 is 25.7 Å². The highest BCUT2D eigenvalue weighted by Gasteiger charge is 2.49. The maximum Gasteiger partial charge on any atom is 0.346 e. The van der Waals surface area contributed by atoms with Gasteiger partial charge in [-0.2, -0.15) is 0 Å². The number of aliphatic hydroxyl groups excluding tert-OH is 3. The Balaban J connectivity index is 1.06. The first-order valence-corrected chi connectivity index (χ1v) is 20.6. The lowest BCUT2D eigenvalue weighted by Crippen LogP contribution is -2.46. The van der Waals surface area contributed by atoms with Gasteiger partial charge in [0.25, 0.3) is 19.3 Å². The normalized spacial score (nSPS) is 29.4. The predicted octanol–water partition coefficient (Wildman–Crippen LogP) is -3.22. The van der Waals surface area contributed by atoms with E-state index in [-0.39, 0.29) is 34.1 Å². The second kappa shape index (κ2) is 15.0. The first kappa shape index (κ1) is 40.4. The number of nitrogens with zero attached hydrogens (tertiary/aromatic N) is 8.